The van der Waals surface area contributed by atoms with Crippen LogP contribution in [0.3, 0.4) is 0 Å². The maximum Gasteiger partial charge on any atom is 0.0594 e. The van der Waals surface area contributed by atoms with Crippen molar-refractivity contribution in [1.29, 1.82) is 0 Å². The molecular weight excluding hydrogens is 174 g/mol. The van der Waals surface area contributed by atoms with Crippen LogP contribution in [-0.4, -0.2) is 43.1 Å². The van der Waals surface area contributed by atoms with E-state index in [-0.39, 0.29) is 0 Å². The molecule has 1 heterocycles. The number of hydrogen-bond donors (Lipinski definition) is 0. The normalized spacial score (nSPS) is 22.5. The minimum atomic E-state index is 0.674. The van der Waals surface area contributed by atoms with Crippen molar-refractivity contribution in [3.8, 4) is 0 Å². The van der Waals surface area contributed by atoms with Gasteiger partial charge in [0.1, 0.15) is 0 Å². The molecule has 1 saturated heterocycles. The molecule has 12 heavy (non-hydrogen) atoms. The molecule has 1 rings (SSSR count). The van der Waals surface area contributed by atoms with Gasteiger partial charge in [-0.1, -0.05) is 0 Å². The van der Waals surface area contributed by atoms with E-state index >= 15 is 0 Å². The topological polar surface area (TPSA) is 12.5 Å². The Balaban J connectivity index is 2.15. The van der Waals surface area contributed by atoms with Crippen LogP contribution >= 0.6 is 11.6 Å². The number of morpholine rings is 1. The molecule has 0 unspecified atom stereocenters. The predicted octanol–water partition coefficient (Wildman–Crippen LogP) is 1.73. The Morgan fingerprint density at radius 1 is 1.42 bits per heavy atom. The van der Waals surface area contributed by atoms with E-state index in [4.69, 9.17) is 16.3 Å². The summed E-state index contributed by atoms with van der Waals surface area (Å²) in [5.74, 6) is 0.786. The van der Waals surface area contributed by atoms with Gasteiger partial charge in [-0.2, -0.15) is 0 Å². The van der Waals surface area contributed by atoms with E-state index < -0.39 is 0 Å². The molecule has 0 aliphatic carbocycles. The SMILES string of the molecule is C[C@H](CCCCl)N1CCOCC1. The van der Waals surface area contributed by atoms with E-state index in [9.17, 15) is 0 Å². The highest BCUT2D eigenvalue weighted by molar-refractivity contribution is 6.17. The van der Waals surface area contributed by atoms with Gasteiger partial charge in [-0.15, -0.1) is 11.6 Å². The minimum Gasteiger partial charge on any atom is -0.379 e. The second-order valence-electron chi connectivity index (χ2n) is 3.33. The Hall–Kier alpha value is 0.210. The Morgan fingerprint density at radius 2 is 2.08 bits per heavy atom. The molecule has 1 aliphatic rings. The quantitative estimate of drug-likeness (QED) is 0.628. The molecule has 0 N–H and O–H groups in total. The number of rotatable bonds is 4. The van der Waals surface area contributed by atoms with E-state index in [1.165, 1.54) is 6.42 Å². The molecule has 1 aliphatic heterocycles. The third kappa shape index (κ3) is 3.30. The van der Waals surface area contributed by atoms with Crippen LogP contribution in [-0.2, 0) is 4.74 Å². The zero-order chi connectivity index (χ0) is 8.81. The van der Waals surface area contributed by atoms with Crippen molar-refractivity contribution in [2.75, 3.05) is 32.2 Å². The number of ether oxygens (including phenoxy) is 1. The molecule has 0 spiro atoms. The van der Waals surface area contributed by atoms with E-state index in [0.29, 0.717) is 6.04 Å². The second-order valence-corrected chi connectivity index (χ2v) is 3.71. The van der Waals surface area contributed by atoms with Gasteiger partial charge in [0.15, 0.2) is 0 Å². The van der Waals surface area contributed by atoms with Crippen LogP contribution < -0.4 is 0 Å². The number of alkyl halides is 1. The highest BCUT2D eigenvalue weighted by Gasteiger charge is 2.15. The minimum absolute atomic E-state index is 0.674. The van der Waals surface area contributed by atoms with Gasteiger partial charge in [-0.3, -0.25) is 4.90 Å². The molecule has 72 valence electrons. The van der Waals surface area contributed by atoms with Crippen LogP contribution in [0.4, 0.5) is 0 Å². The van der Waals surface area contributed by atoms with E-state index in [1.54, 1.807) is 0 Å². The van der Waals surface area contributed by atoms with E-state index in [1.807, 2.05) is 0 Å². The molecule has 0 aromatic carbocycles. The smallest absolute Gasteiger partial charge is 0.0594 e. The zero-order valence-electron chi connectivity index (χ0n) is 7.76. The van der Waals surface area contributed by atoms with Gasteiger partial charge < -0.3 is 4.74 Å². The first-order valence-corrected chi connectivity index (χ1v) is 5.26. The lowest BCUT2D eigenvalue weighted by Gasteiger charge is -2.32. The average molecular weight is 192 g/mol. The lowest BCUT2D eigenvalue weighted by molar-refractivity contribution is 0.0186. The summed E-state index contributed by atoms with van der Waals surface area (Å²) in [6, 6.07) is 0.674. The summed E-state index contributed by atoms with van der Waals surface area (Å²) < 4.78 is 5.29. The largest absolute Gasteiger partial charge is 0.379 e. The Morgan fingerprint density at radius 3 is 2.67 bits per heavy atom. The van der Waals surface area contributed by atoms with Crippen molar-refractivity contribution in [3.05, 3.63) is 0 Å². The first-order chi connectivity index (χ1) is 5.84. The second kappa shape index (κ2) is 5.79. The monoisotopic (exact) mass is 191 g/mol. The van der Waals surface area contributed by atoms with Crippen LogP contribution in [0.25, 0.3) is 0 Å². The predicted molar refractivity (Wildman–Crippen MR) is 51.8 cm³/mol. The number of halogens is 1. The van der Waals surface area contributed by atoms with Crippen LogP contribution in [0, 0.1) is 0 Å². The van der Waals surface area contributed by atoms with E-state index in [2.05, 4.69) is 11.8 Å². The molecule has 0 saturated carbocycles. The summed E-state index contributed by atoms with van der Waals surface area (Å²) in [4.78, 5) is 2.48. The molecule has 0 amide bonds. The summed E-state index contributed by atoms with van der Waals surface area (Å²) in [7, 11) is 0. The molecule has 0 aromatic heterocycles. The molecule has 0 bridgehead atoms. The first kappa shape index (κ1) is 10.3. The molecule has 2 nitrogen and oxygen atoms in total. The molecule has 3 heteroatoms. The van der Waals surface area contributed by atoms with Crippen LogP contribution in [0.2, 0.25) is 0 Å². The van der Waals surface area contributed by atoms with Gasteiger partial charge in [0.05, 0.1) is 13.2 Å². The van der Waals surface area contributed by atoms with Gasteiger partial charge in [0, 0.05) is 25.0 Å². The third-order valence-electron chi connectivity index (χ3n) is 2.42. The van der Waals surface area contributed by atoms with Crippen LogP contribution in [0.5, 0.6) is 0 Å². The summed E-state index contributed by atoms with van der Waals surface area (Å²) in [6.45, 7) is 6.24. The lowest BCUT2D eigenvalue weighted by Crippen LogP contribution is -2.42. The maximum atomic E-state index is 5.64. The van der Waals surface area contributed by atoms with Crippen molar-refractivity contribution >= 4 is 11.6 Å². The zero-order valence-corrected chi connectivity index (χ0v) is 8.52. The van der Waals surface area contributed by atoms with Crippen molar-refractivity contribution in [2.24, 2.45) is 0 Å². The summed E-state index contributed by atoms with van der Waals surface area (Å²) in [6.07, 6.45) is 2.34. The highest BCUT2D eigenvalue weighted by atomic mass is 35.5. The average Bonchev–Trinajstić information content (AvgIpc) is 2.15. The van der Waals surface area contributed by atoms with Crippen molar-refractivity contribution < 1.29 is 4.74 Å². The van der Waals surface area contributed by atoms with E-state index in [0.717, 1.165) is 38.6 Å². The lowest BCUT2D eigenvalue weighted by atomic mass is 10.1. The Labute approximate surface area is 79.8 Å². The maximum absolute atomic E-state index is 5.64. The molecule has 1 fully saturated rings. The highest BCUT2D eigenvalue weighted by Crippen LogP contribution is 2.09. The van der Waals surface area contributed by atoms with Crippen LogP contribution in [0.1, 0.15) is 19.8 Å². The molecule has 0 radical (unpaired) electrons. The fourth-order valence-corrected chi connectivity index (χ4v) is 1.73. The standard InChI is InChI=1S/C9H18ClNO/c1-9(3-2-4-10)11-5-7-12-8-6-11/h9H,2-8H2,1H3/t9-/m1/s1. The summed E-state index contributed by atoms with van der Waals surface area (Å²) >= 11 is 5.64. The van der Waals surface area contributed by atoms with Gasteiger partial charge in [0.2, 0.25) is 0 Å². The fourth-order valence-electron chi connectivity index (χ4n) is 1.57. The molecular formula is C9H18ClNO. The molecule has 1 atom stereocenters. The van der Waals surface area contributed by atoms with Crippen molar-refractivity contribution in [1.82, 2.24) is 4.90 Å². The third-order valence-corrected chi connectivity index (χ3v) is 2.69. The number of nitrogens with zero attached hydrogens (tertiary/aromatic N) is 1. The van der Waals surface area contributed by atoms with Crippen LogP contribution in [0.15, 0.2) is 0 Å². The fraction of sp³-hybridized carbons (Fsp3) is 1.00. The first-order valence-electron chi connectivity index (χ1n) is 4.72. The van der Waals surface area contributed by atoms with Gasteiger partial charge in [-0.25, -0.2) is 0 Å². The van der Waals surface area contributed by atoms with Gasteiger partial charge in [-0.05, 0) is 19.8 Å². The number of hydrogen-bond acceptors (Lipinski definition) is 2. The Kier molecular flexibility index (Phi) is 4.96. The van der Waals surface area contributed by atoms with Crippen molar-refractivity contribution in [2.45, 2.75) is 25.8 Å². The summed E-state index contributed by atoms with van der Waals surface area (Å²) in [5, 5.41) is 0. The van der Waals surface area contributed by atoms with Gasteiger partial charge >= 0.3 is 0 Å². The van der Waals surface area contributed by atoms with Gasteiger partial charge in [0.25, 0.3) is 0 Å². The summed E-state index contributed by atoms with van der Waals surface area (Å²) in [5.41, 5.74) is 0. The van der Waals surface area contributed by atoms with Crippen molar-refractivity contribution in [3.63, 3.8) is 0 Å². The Bertz CT molecular complexity index is 115. The molecule has 0 aromatic rings.